The maximum atomic E-state index is 9.06. The summed E-state index contributed by atoms with van der Waals surface area (Å²) in [7, 11) is 1.70. The third kappa shape index (κ3) is 3.65. The van der Waals surface area contributed by atoms with E-state index in [-0.39, 0.29) is 18.2 Å². The number of aliphatic hydroxyl groups is 1. The average molecular weight is 259 g/mol. The Kier molecular flexibility index (Phi) is 5.38. The molecule has 18 heavy (non-hydrogen) atoms. The Morgan fingerprint density at radius 3 is 3.06 bits per heavy atom. The predicted molar refractivity (Wildman–Crippen MR) is 67.6 cm³/mol. The Morgan fingerprint density at radius 2 is 2.39 bits per heavy atom. The van der Waals surface area contributed by atoms with Gasteiger partial charge in [-0.2, -0.15) is 0 Å². The minimum Gasteiger partial charge on any atom is -0.396 e. The molecule has 2 aliphatic rings. The van der Waals surface area contributed by atoms with E-state index >= 15 is 0 Å². The third-order valence-corrected chi connectivity index (χ3v) is 3.88. The molecule has 0 bridgehead atoms. The van der Waals surface area contributed by atoms with Crippen LogP contribution in [0.25, 0.3) is 0 Å². The molecule has 0 radical (unpaired) electrons. The fourth-order valence-electron chi connectivity index (χ4n) is 2.94. The average Bonchev–Trinajstić information content (AvgIpc) is 2.78. The molecule has 5 heteroatoms. The predicted octanol–water partition coefficient (Wildman–Crippen LogP) is 0.312. The van der Waals surface area contributed by atoms with Crippen molar-refractivity contribution in [1.82, 2.24) is 5.32 Å². The standard InChI is InChI=1S/C13H25NO4/c1-16-9-12(2-5-15)14-11-3-6-18-13(8-11)4-7-17-10-13/h11-12,14-15H,2-10H2,1H3. The van der Waals surface area contributed by atoms with Crippen molar-refractivity contribution in [3.63, 3.8) is 0 Å². The van der Waals surface area contributed by atoms with Crippen LogP contribution in [0.4, 0.5) is 0 Å². The van der Waals surface area contributed by atoms with Gasteiger partial charge in [0.2, 0.25) is 0 Å². The highest BCUT2D eigenvalue weighted by Crippen LogP contribution is 2.32. The van der Waals surface area contributed by atoms with Crippen LogP contribution in [-0.2, 0) is 14.2 Å². The topological polar surface area (TPSA) is 60.0 Å². The summed E-state index contributed by atoms with van der Waals surface area (Å²) >= 11 is 0. The van der Waals surface area contributed by atoms with Gasteiger partial charge < -0.3 is 24.6 Å². The van der Waals surface area contributed by atoms with Gasteiger partial charge in [0.1, 0.15) is 0 Å². The van der Waals surface area contributed by atoms with E-state index in [0.717, 1.165) is 45.5 Å². The Morgan fingerprint density at radius 1 is 1.50 bits per heavy atom. The molecular weight excluding hydrogens is 234 g/mol. The zero-order valence-electron chi connectivity index (χ0n) is 11.2. The molecule has 2 rings (SSSR count). The first-order valence-corrected chi connectivity index (χ1v) is 6.85. The second-order valence-corrected chi connectivity index (χ2v) is 5.35. The normalized spacial score (nSPS) is 34.0. The van der Waals surface area contributed by atoms with Crippen molar-refractivity contribution in [2.75, 3.05) is 40.1 Å². The lowest BCUT2D eigenvalue weighted by atomic mass is 9.89. The minimum absolute atomic E-state index is 0.0627. The minimum atomic E-state index is -0.0627. The molecule has 0 aromatic rings. The van der Waals surface area contributed by atoms with E-state index in [1.54, 1.807) is 7.11 Å². The Hall–Kier alpha value is -0.200. The highest BCUT2D eigenvalue weighted by Gasteiger charge is 2.41. The zero-order valence-corrected chi connectivity index (χ0v) is 11.2. The Balaban J connectivity index is 1.83. The van der Waals surface area contributed by atoms with Gasteiger partial charge in [-0.05, 0) is 19.3 Å². The highest BCUT2D eigenvalue weighted by atomic mass is 16.6. The second-order valence-electron chi connectivity index (χ2n) is 5.35. The molecule has 0 aromatic carbocycles. The number of methoxy groups -OCH3 is 1. The van der Waals surface area contributed by atoms with E-state index in [4.69, 9.17) is 19.3 Å². The van der Waals surface area contributed by atoms with Crippen LogP contribution in [0.2, 0.25) is 0 Å². The van der Waals surface area contributed by atoms with Crippen molar-refractivity contribution in [2.45, 2.75) is 43.4 Å². The first-order chi connectivity index (χ1) is 8.78. The molecule has 2 aliphatic heterocycles. The van der Waals surface area contributed by atoms with E-state index in [1.165, 1.54) is 0 Å². The van der Waals surface area contributed by atoms with E-state index in [9.17, 15) is 0 Å². The van der Waals surface area contributed by atoms with Crippen LogP contribution in [0.3, 0.4) is 0 Å². The smallest absolute Gasteiger partial charge is 0.0951 e. The summed E-state index contributed by atoms with van der Waals surface area (Å²) in [6, 6.07) is 0.662. The lowest BCUT2D eigenvalue weighted by Crippen LogP contribution is -2.51. The van der Waals surface area contributed by atoms with Gasteiger partial charge in [0, 0.05) is 45.4 Å². The van der Waals surface area contributed by atoms with Gasteiger partial charge in [-0.3, -0.25) is 0 Å². The molecule has 3 unspecified atom stereocenters. The summed E-state index contributed by atoms with van der Waals surface area (Å²) in [6.07, 6.45) is 3.75. The molecule has 2 heterocycles. The molecule has 2 N–H and O–H groups in total. The van der Waals surface area contributed by atoms with E-state index in [2.05, 4.69) is 5.32 Å². The van der Waals surface area contributed by atoms with Crippen molar-refractivity contribution >= 4 is 0 Å². The number of rotatable bonds is 6. The zero-order chi connectivity index (χ0) is 12.8. The van der Waals surface area contributed by atoms with E-state index < -0.39 is 0 Å². The van der Waals surface area contributed by atoms with Gasteiger partial charge in [0.25, 0.3) is 0 Å². The van der Waals surface area contributed by atoms with Gasteiger partial charge in [-0.25, -0.2) is 0 Å². The van der Waals surface area contributed by atoms with Crippen LogP contribution >= 0.6 is 0 Å². The summed E-state index contributed by atoms with van der Waals surface area (Å²) in [4.78, 5) is 0. The van der Waals surface area contributed by atoms with Crippen molar-refractivity contribution in [2.24, 2.45) is 0 Å². The number of nitrogens with one attached hydrogen (secondary N) is 1. The molecule has 2 saturated heterocycles. The third-order valence-electron chi connectivity index (χ3n) is 3.88. The maximum absolute atomic E-state index is 9.06. The molecule has 3 atom stereocenters. The number of aliphatic hydroxyl groups excluding tert-OH is 1. The Labute approximate surface area is 109 Å². The number of hydrogen-bond acceptors (Lipinski definition) is 5. The summed E-state index contributed by atoms with van der Waals surface area (Å²) in [6.45, 7) is 3.16. The van der Waals surface area contributed by atoms with E-state index in [1.807, 2.05) is 0 Å². The SMILES string of the molecule is COCC(CCO)NC1CCOC2(CCOC2)C1. The quantitative estimate of drug-likeness (QED) is 0.719. The maximum Gasteiger partial charge on any atom is 0.0951 e. The van der Waals surface area contributed by atoms with Gasteiger partial charge in [-0.15, -0.1) is 0 Å². The van der Waals surface area contributed by atoms with Crippen molar-refractivity contribution < 1.29 is 19.3 Å². The largest absolute Gasteiger partial charge is 0.396 e. The van der Waals surface area contributed by atoms with Gasteiger partial charge in [0.05, 0.1) is 18.8 Å². The highest BCUT2D eigenvalue weighted by molar-refractivity contribution is 4.93. The molecule has 1 spiro atoms. The molecule has 0 saturated carbocycles. The molecular formula is C13H25NO4. The van der Waals surface area contributed by atoms with Crippen molar-refractivity contribution in [3.05, 3.63) is 0 Å². The monoisotopic (exact) mass is 259 g/mol. The van der Waals surface area contributed by atoms with Crippen LogP contribution in [0, 0.1) is 0 Å². The molecule has 106 valence electrons. The fourth-order valence-corrected chi connectivity index (χ4v) is 2.94. The molecule has 0 amide bonds. The van der Waals surface area contributed by atoms with Crippen molar-refractivity contribution in [3.8, 4) is 0 Å². The summed E-state index contributed by atoms with van der Waals surface area (Å²) in [5, 5.41) is 12.6. The lowest BCUT2D eigenvalue weighted by Gasteiger charge is -2.38. The van der Waals surface area contributed by atoms with Gasteiger partial charge in [0.15, 0.2) is 0 Å². The van der Waals surface area contributed by atoms with Crippen LogP contribution in [0.1, 0.15) is 25.7 Å². The molecule has 5 nitrogen and oxygen atoms in total. The van der Waals surface area contributed by atoms with Crippen LogP contribution < -0.4 is 5.32 Å². The van der Waals surface area contributed by atoms with Crippen LogP contribution in [0.15, 0.2) is 0 Å². The summed E-state index contributed by atoms with van der Waals surface area (Å²) in [5.41, 5.74) is -0.0627. The van der Waals surface area contributed by atoms with Gasteiger partial charge in [-0.1, -0.05) is 0 Å². The van der Waals surface area contributed by atoms with Gasteiger partial charge >= 0.3 is 0 Å². The van der Waals surface area contributed by atoms with Crippen LogP contribution in [0.5, 0.6) is 0 Å². The Bertz CT molecular complexity index is 237. The molecule has 0 aromatic heterocycles. The van der Waals surface area contributed by atoms with Crippen LogP contribution in [-0.4, -0.2) is 62.9 Å². The lowest BCUT2D eigenvalue weighted by molar-refractivity contribution is -0.0912. The molecule has 2 fully saturated rings. The summed E-state index contributed by atoms with van der Waals surface area (Å²) < 4.78 is 16.6. The first-order valence-electron chi connectivity index (χ1n) is 6.85. The summed E-state index contributed by atoms with van der Waals surface area (Å²) in [5.74, 6) is 0. The van der Waals surface area contributed by atoms with E-state index in [0.29, 0.717) is 12.6 Å². The molecule has 0 aliphatic carbocycles. The number of ether oxygens (including phenoxy) is 3. The number of hydrogen-bond donors (Lipinski definition) is 2. The second kappa shape index (κ2) is 6.82. The first kappa shape index (κ1) is 14.2. The van der Waals surface area contributed by atoms with Crippen molar-refractivity contribution in [1.29, 1.82) is 0 Å². The fraction of sp³-hybridized carbons (Fsp3) is 1.00.